The van der Waals surface area contributed by atoms with E-state index in [0.29, 0.717) is 5.56 Å². The average molecular weight is 269 g/mol. The third-order valence-corrected chi connectivity index (χ3v) is 2.54. The summed E-state index contributed by atoms with van der Waals surface area (Å²) in [5, 5.41) is 13.6. The minimum atomic E-state index is -0.668. The first-order chi connectivity index (χ1) is 8.69. The van der Waals surface area contributed by atoms with E-state index in [0.717, 1.165) is 6.07 Å². The van der Waals surface area contributed by atoms with Gasteiger partial charge in [-0.25, -0.2) is 4.39 Å². The Balaban J connectivity index is 2.77. The molecule has 19 heavy (non-hydrogen) atoms. The topological polar surface area (TPSA) is 98.3 Å². The van der Waals surface area contributed by atoms with Gasteiger partial charge in [-0.1, -0.05) is 0 Å². The van der Waals surface area contributed by atoms with Crippen molar-refractivity contribution in [2.24, 2.45) is 5.73 Å². The summed E-state index contributed by atoms with van der Waals surface area (Å²) in [5.41, 5.74) is 4.68. The zero-order chi connectivity index (χ0) is 14.6. The van der Waals surface area contributed by atoms with Crippen LogP contribution >= 0.6 is 0 Å². The zero-order valence-electron chi connectivity index (χ0n) is 10.8. The Morgan fingerprint density at radius 1 is 1.47 bits per heavy atom. The normalized spacial score (nSPS) is 11.3. The average Bonchev–Trinajstić information content (AvgIpc) is 2.24. The molecular weight excluding hydrogens is 253 g/mol. The molecule has 0 atom stereocenters. The number of carbonyl (C=O) groups excluding carboxylic acids is 1. The summed E-state index contributed by atoms with van der Waals surface area (Å²) in [5.74, 6) is -1.12. The number of nitro benzene ring substituents is 1. The Labute approximate surface area is 109 Å². The third kappa shape index (κ3) is 5.01. The number of nitrogens with two attached hydrogens (primary N) is 1. The maximum atomic E-state index is 13.2. The van der Waals surface area contributed by atoms with E-state index in [-0.39, 0.29) is 18.7 Å². The van der Waals surface area contributed by atoms with Crippen LogP contribution in [0.3, 0.4) is 0 Å². The van der Waals surface area contributed by atoms with Crippen molar-refractivity contribution in [2.75, 3.05) is 0 Å². The van der Waals surface area contributed by atoms with Crippen molar-refractivity contribution in [1.29, 1.82) is 0 Å². The number of benzene rings is 1. The van der Waals surface area contributed by atoms with Crippen LogP contribution in [0.5, 0.6) is 0 Å². The van der Waals surface area contributed by atoms with Crippen molar-refractivity contribution >= 4 is 11.6 Å². The Morgan fingerprint density at radius 3 is 2.63 bits per heavy atom. The number of halogens is 1. The maximum absolute atomic E-state index is 13.2. The molecule has 0 heterocycles. The van der Waals surface area contributed by atoms with Gasteiger partial charge in [0.15, 0.2) is 0 Å². The van der Waals surface area contributed by atoms with Gasteiger partial charge in [0.2, 0.25) is 5.91 Å². The molecule has 0 aromatic heterocycles. The Morgan fingerprint density at radius 2 is 2.11 bits per heavy atom. The van der Waals surface area contributed by atoms with Crippen LogP contribution in [-0.2, 0) is 11.3 Å². The van der Waals surface area contributed by atoms with Crippen molar-refractivity contribution in [3.63, 3.8) is 0 Å². The number of amides is 1. The molecule has 0 bridgehead atoms. The van der Waals surface area contributed by atoms with Crippen LogP contribution in [0, 0.1) is 15.9 Å². The first-order valence-corrected chi connectivity index (χ1v) is 5.67. The lowest BCUT2D eigenvalue weighted by molar-refractivity contribution is -0.385. The smallest absolute Gasteiger partial charge is 0.272 e. The van der Waals surface area contributed by atoms with Crippen LogP contribution < -0.4 is 11.1 Å². The number of hydrogen-bond acceptors (Lipinski definition) is 4. The molecule has 0 radical (unpaired) electrons. The van der Waals surface area contributed by atoms with Crippen molar-refractivity contribution in [3.05, 3.63) is 39.7 Å². The second kappa shape index (κ2) is 5.75. The quantitative estimate of drug-likeness (QED) is 0.603. The Kier molecular flexibility index (Phi) is 4.55. The number of nitrogens with zero attached hydrogens (tertiary/aromatic N) is 1. The highest BCUT2D eigenvalue weighted by Crippen LogP contribution is 2.17. The summed E-state index contributed by atoms with van der Waals surface area (Å²) in [4.78, 5) is 20.8. The van der Waals surface area contributed by atoms with E-state index < -0.39 is 22.2 Å². The van der Waals surface area contributed by atoms with Gasteiger partial charge in [-0.15, -0.1) is 0 Å². The van der Waals surface area contributed by atoms with E-state index in [1.807, 2.05) is 0 Å². The molecule has 0 spiro atoms. The van der Waals surface area contributed by atoms with Gasteiger partial charge in [0.1, 0.15) is 5.82 Å². The second-order valence-electron chi connectivity index (χ2n) is 4.96. The molecule has 104 valence electrons. The summed E-state index contributed by atoms with van der Waals surface area (Å²) < 4.78 is 13.2. The Hall–Kier alpha value is -2.02. The molecule has 1 rings (SSSR count). The molecule has 3 N–H and O–H groups in total. The molecule has 1 aromatic carbocycles. The molecule has 0 aliphatic rings. The highest BCUT2D eigenvalue weighted by atomic mass is 19.1. The highest BCUT2D eigenvalue weighted by Gasteiger charge is 2.20. The molecule has 0 aliphatic carbocycles. The zero-order valence-corrected chi connectivity index (χ0v) is 10.8. The number of non-ortho nitro benzene ring substituents is 1. The number of nitrogens with one attached hydrogen (secondary N) is 1. The third-order valence-electron chi connectivity index (χ3n) is 2.54. The molecular formula is C12H16FN3O3. The van der Waals surface area contributed by atoms with Gasteiger partial charge in [0.25, 0.3) is 5.69 Å². The van der Waals surface area contributed by atoms with Crippen LogP contribution in [0.4, 0.5) is 10.1 Å². The predicted octanol–water partition coefficient (Wildman–Crippen LogP) is 1.48. The first-order valence-electron chi connectivity index (χ1n) is 5.67. The lowest BCUT2D eigenvalue weighted by atomic mass is 10.00. The molecule has 1 amide bonds. The molecule has 0 aliphatic heterocycles. The molecule has 0 saturated carbocycles. The van der Waals surface area contributed by atoms with Gasteiger partial charge < -0.3 is 11.1 Å². The van der Waals surface area contributed by atoms with Crippen molar-refractivity contribution < 1.29 is 14.1 Å². The van der Waals surface area contributed by atoms with E-state index in [4.69, 9.17) is 5.73 Å². The van der Waals surface area contributed by atoms with Crippen LogP contribution in [0.2, 0.25) is 0 Å². The summed E-state index contributed by atoms with van der Waals surface area (Å²) in [6, 6.07) is 3.36. The molecule has 6 nitrogen and oxygen atoms in total. The van der Waals surface area contributed by atoms with Crippen molar-refractivity contribution in [2.45, 2.75) is 32.4 Å². The lowest BCUT2D eigenvalue weighted by Crippen LogP contribution is -2.42. The van der Waals surface area contributed by atoms with E-state index in [9.17, 15) is 19.3 Å². The first kappa shape index (κ1) is 15.0. The van der Waals surface area contributed by atoms with Gasteiger partial charge in [0, 0.05) is 24.6 Å². The van der Waals surface area contributed by atoms with Crippen LogP contribution in [0.25, 0.3) is 0 Å². The predicted molar refractivity (Wildman–Crippen MR) is 67.8 cm³/mol. The van der Waals surface area contributed by atoms with E-state index in [2.05, 4.69) is 5.32 Å². The SMILES string of the molecule is CC(C)(CC(N)=O)NCc1cc(F)cc([N+](=O)[O-])c1. The number of carbonyl (C=O) groups is 1. The maximum Gasteiger partial charge on any atom is 0.272 e. The Bertz CT molecular complexity index is 503. The van der Waals surface area contributed by atoms with Crippen molar-refractivity contribution in [3.8, 4) is 0 Å². The fourth-order valence-electron chi connectivity index (χ4n) is 1.68. The van der Waals surface area contributed by atoms with Crippen molar-refractivity contribution in [1.82, 2.24) is 5.32 Å². The summed E-state index contributed by atoms with van der Waals surface area (Å²) in [7, 11) is 0. The lowest BCUT2D eigenvalue weighted by Gasteiger charge is -2.24. The minimum Gasteiger partial charge on any atom is -0.370 e. The van der Waals surface area contributed by atoms with Gasteiger partial charge >= 0.3 is 0 Å². The van der Waals surface area contributed by atoms with Gasteiger partial charge in [-0.05, 0) is 25.5 Å². The standard InChI is InChI=1S/C12H16FN3O3/c1-12(2,6-11(14)17)15-7-8-3-9(13)5-10(4-8)16(18)19/h3-5,15H,6-7H2,1-2H3,(H2,14,17). The minimum absolute atomic E-state index is 0.115. The summed E-state index contributed by atoms with van der Waals surface area (Å²) in [6.07, 6.45) is 0.115. The fourth-order valence-corrected chi connectivity index (χ4v) is 1.68. The van der Waals surface area contributed by atoms with Gasteiger partial charge in [0.05, 0.1) is 11.0 Å². The fraction of sp³-hybridized carbons (Fsp3) is 0.417. The van der Waals surface area contributed by atoms with Crippen LogP contribution in [0.1, 0.15) is 25.8 Å². The van der Waals surface area contributed by atoms with Crippen LogP contribution in [-0.4, -0.2) is 16.4 Å². The van der Waals surface area contributed by atoms with E-state index in [1.165, 1.54) is 12.1 Å². The molecule has 0 saturated heterocycles. The number of nitro groups is 1. The number of hydrogen-bond donors (Lipinski definition) is 2. The molecule has 0 fully saturated rings. The van der Waals surface area contributed by atoms with E-state index in [1.54, 1.807) is 13.8 Å². The largest absolute Gasteiger partial charge is 0.370 e. The van der Waals surface area contributed by atoms with E-state index >= 15 is 0 Å². The molecule has 1 aromatic rings. The molecule has 7 heteroatoms. The number of primary amides is 1. The summed E-state index contributed by atoms with van der Waals surface area (Å²) >= 11 is 0. The monoisotopic (exact) mass is 269 g/mol. The highest BCUT2D eigenvalue weighted by molar-refractivity contribution is 5.75. The molecule has 0 unspecified atom stereocenters. The van der Waals surface area contributed by atoms with Crippen LogP contribution in [0.15, 0.2) is 18.2 Å². The van der Waals surface area contributed by atoms with Gasteiger partial charge in [-0.3, -0.25) is 14.9 Å². The number of rotatable bonds is 6. The second-order valence-corrected chi connectivity index (χ2v) is 4.96. The van der Waals surface area contributed by atoms with Gasteiger partial charge in [-0.2, -0.15) is 0 Å². The summed E-state index contributed by atoms with van der Waals surface area (Å²) in [6.45, 7) is 3.75.